The Morgan fingerprint density at radius 1 is 1.11 bits per heavy atom. The van der Waals surface area contributed by atoms with Crippen molar-refractivity contribution < 1.29 is 14.3 Å². The van der Waals surface area contributed by atoms with E-state index in [0.717, 1.165) is 18.7 Å². The third-order valence-electron chi connectivity index (χ3n) is 5.29. The van der Waals surface area contributed by atoms with E-state index < -0.39 is 0 Å². The van der Waals surface area contributed by atoms with Crippen LogP contribution in [0.15, 0.2) is 42.5 Å². The lowest BCUT2D eigenvalue weighted by atomic mass is 10.1. The minimum absolute atomic E-state index is 0.0240. The number of piperidine rings is 1. The first-order valence-electron chi connectivity index (χ1n) is 9.76. The number of fused-ring (bicyclic) bond motifs is 1. The molecule has 146 valence electrons. The molecule has 6 heteroatoms. The van der Waals surface area contributed by atoms with Crippen LogP contribution >= 0.6 is 0 Å². The fourth-order valence-electron chi connectivity index (χ4n) is 3.74. The van der Waals surface area contributed by atoms with Crippen LogP contribution in [0.3, 0.4) is 0 Å². The number of nitrogens with zero attached hydrogens (tertiary/aromatic N) is 2. The first-order chi connectivity index (χ1) is 13.6. The molecule has 2 aromatic carbocycles. The van der Waals surface area contributed by atoms with Crippen LogP contribution < -0.4 is 15.0 Å². The lowest BCUT2D eigenvalue weighted by molar-refractivity contribution is -0.118. The van der Waals surface area contributed by atoms with Crippen molar-refractivity contribution in [3.8, 4) is 5.75 Å². The van der Waals surface area contributed by atoms with Crippen LogP contribution in [0.5, 0.6) is 5.75 Å². The zero-order chi connectivity index (χ0) is 19.5. The summed E-state index contributed by atoms with van der Waals surface area (Å²) in [5.74, 6) is 0.268. The van der Waals surface area contributed by atoms with Crippen LogP contribution in [0, 0.1) is 0 Å². The summed E-state index contributed by atoms with van der Waals surface area (Å²) in [4.78, 5) is 28.3. The molecule has 2 aliphatic heterocycles. The second-order valence-electron chi connectivity index (χ2n) is 7.42. The van der Waals surface area contributed by atoms with Gasteiger partial charge in [-0.15, -0.1) is 0 Å². The van der Waals surface area contributed by atoms with Crippen LogP contribution in [0.4, 0.5) is 11.4 Å². The summed E-state index contributed by atoms with van der Waals surface area (Å²) in [6, 6.07) is 13.6. The van der Waals surface area contributed by atoms with E-state index in [1.54, 1.807) is 30.1 Å². The maximum Gasteiger partial charge on any atom is 0.262 e. The van der Waals surface area contributed by atoms with Crippen LogP contribution in [-0.2, 0) is 11.3 Å². The second kappa shape index (κ2) is 7.92. The number of hydrogen-bond donors (Lipinski definition) is 1. The van der Waals surface area contributed by atoms with Crippen molar-refractivity contribution >= 4 is 23.2 Å². The third-order valence-corrected chi connectivity index (χ3v) is 5.29. The minimum atomic E-state index is -0.184. The molecule has 0 spiro atoms. The molecule has 2 aliphatic rings. The maximum absolute atomic E-state index is 12.8. The molecule has 28 heavy (non-hydrogen) atoms. The molecule has 0 unspecified atom stereocenters. The Bertz CT molecular complexity index is 873. The smallest absolute Gasteiger partial charge is 0.262 e. The molecular formula is C22H25N3O3. The van der Waals surface area contributed by atoms with E-state index in [0.29, 0.717) is 23.5 Å². The molecule has 6 nitrogen and oxygen atoms in total. The highest BCUT2D eigenvalue weighted by atomic mass is 16.5. The van der Waals surface area contributed by atoms with Gasteiger partial charge >= 0.3 is 0 Å². The number of carbonyl (C=O) groups is 2. The van der Waals surface area contributed by atoms with E-state index in [4.69, 9.17) is 4.74 Å². The molecule has 0 saturated carbocycles. The predicted molar refractivity (Wildman–Crippen MR) is 109 cm³/mol. The van der Waals surface area contributed by atoms with E-state index in [1.807, 2.05) is 0 Å². The predicted octanol–water partition coefficient (Wildman–Crippen LogP) is 3.28. The molecule has 2 aromatic rings. The summed E-state index contributed by atoms with van der Waals surface area (Å²) < 4.78 is 5.41. The van der Waals surface area contributed by atoms with Crippen LogP contribution in [-0.4, -0.2) is 43.5 Å². The normalized spacial score (nSPS) is 16.0. The highest BCUT2D eigenvalue weighted by molar-refractivity contribution is 5.98. The van der Waals surface area contributed by atoms with Gasteiger partial charge < -0.3 is 19.9 Å². The first kappa shape index (κ1) is 18.3. The van der Waals surface area contributed by atoms with Crippen molar-refractivity contribution in [3.05, 3.63) is 53.6 Å². The van der Waals surface area contributed by atoms with Gasteiger partial charge in [-0.1, -0.05) is 12.1 Å². The molecule has 0 aromatic heterocycles. The van der Waals surface area contributed by atoms with Crippen molar-refractivity contribution in [2.24, 2.45) is 0 Å². The third kappa shape index (κ3) is 3.96. The van der Waals surface area contributed by atoms with Crippen molar-refractivity contribution in [3.63, 3.8) is 0 Å². The molecular weight excluding hydrogens is 354 g/mol. The fraction of sp³-hybridized carbons (Fsp3) is 0.364. The van der Waals surface area contributed by atoms with Gasteiger partial charge in [-0.3, -0.25) is 9.59 Å². The van der Waals surface area contributed by atoms with Crippen LogP contribution in [0.1, 0.15) is 35.2 Å². The van der Waals surface area contributed by atoms with Crippen LogP contribution in [0.25, 0.3) is 0 Å². The zero-order valence-electron chi connectivity index (χ0n) is 16.1. The molecule has 1 N–H and O–H groups in total. The van der Waals surface area contributed by atoms with Gasteiger partial charge in [0.15, 0.2) is 6.61 Å². The van der Waals surface area contributed by atoms with Gasteiger partial charge in [0, 0.05) is 37.9 Å². The quantitative estimate of drug-likeness (QED) is 0.886. The van der Waals surface area contributed by atoms with E-state index in [1.165, 1.54) is 24.9 Å². The number of hydrogen-bond acceptors (Lipinski definition) is 4. The lowest BCUT2D eigenvalue weighted by Crippen LogP contribution is -2.29. The van der Waals surface area contributed by atoms with Crippen molar-refractivity contribution in [2.75, 3.05) is 37.0 Å². The molecule has 1 saturated heterocycles. The first-order valence-corrected chi connectivity index (χ1v) is 9.76. The van der Waals surface area contributed by atoms with Gasteiger partial charge in [0.1, 0.15) is 5.75 Å². The molecule has 0 radical (unpaired) electrons. The summed E-state index contributed by atoms with van der Waals surface area (Å²) in [6.07, 6.45) is 3.84. The summed E-state index contributed by atoms with van der Waals surface area (Å²) in [5.41, 5.74) is 3.50. The average Bonchev–Trinajstić information content (AvgIpc) is 2.74. The standard InChI is InChI=1S/C22H25N3O3/c1-24(14-16-5-8-18(9-6-16)25-11-3-2-4-12-25)22(27)17-7-10-19-20(13-17)28-15-21(26)23-19/h5-10,13H,2-4,11-12,14-15H2,1H3,(H,23,26). The zero-order valence-corrected chi connectivity index (χ0v) is 16.1. The highest BCUT2D eigenvalue weighted by Crippen LogP contribution is 2.29. The molecule has 4 rings (SSSR count). The van der Waals surface area contributed by atoms with Gasteiger partial charge in [-0.25, -0.2) is 0 Å². The molecule has 0 aliphatic carbocycles. The summed E-state index contributed by atoms with van der Waals surface area (Å²) in [6.45, 7) is 2.76. The van der Waals surface area contributed by atoms with Gasteiger partial charge in [0.2, 0.25) is 0 Å². The Labute approximate surface area is 165 Å². The van der Waals surface area contributed by atoms with Gasteiger partial charge in [-0.2, -0.15) is 0 Å². The Morgan fingerprint density at radius 2 is 1.86 bits per heavy atom. The number of benzene rings is 2. The number of rotatable bonds is 4. The van der Waals surface area contributed by atoms with Crippen LogP contribution in [0.2, 0.25) is 0 Å². The highest BCUT2D eigenvalue weighted by Gasteiger charge is 2.19. The van der Waals surface area contributed by atoms with Crippen molar-refractivity contribution in [2.45, 2.75) is 25.8 Å². The topological polar surface area (TPSA) is 61.9 Å². The van der Waals surface area contributed by atoms with Crippen molar-refractivity contribution in [1.29, 1.82) is 0 Å². The Balaban J connectivity index is 1.41. The number of nitrogens with one attached hydrogen (secondary N) is 1. The Hall–Kier alpha value is -3.02. The Kier molecular flexibility index (Phi) is 5.19. The van der Waals surface area contributed by atoms with Crippen molar-refractivity contribution in [1.82, 2.24) is 4.90 Å². The number of ether oxygens (including phenoxy) is 1. The molecule has 2 amide bonds. The molecule has 0 bridgehead atoms. The largest absolute Gasteiger partial charge is 0.482 e. The number of amides is 2. The summed E-state index contributed by atoms with van der Waals surface area (Å²) in [7, 11) is 1.79. The van der Waals surface area contributed by atoms with Gasteiger partial charge in [-0.05, 0) is 55.2 Å². The summed E-state index contributed by atoms with van der Waals surface area (Å²) >= 11 is 0. The average molecular weight is 379 g/mol. The van der Waals surface area contributed by atoms with Gasteiger partial charge in [0.25, 0.3) is 11.8 Å². The van der Waals surface area contributed by atoms with E-state index in [-0.39, 0.29) is 18.4 Å². The molecule has 0 atom stereocenters. The van der Waals surface area contributed by atoms with E-state index in [9.17, 15) is 9.59 Å². The SMILES string of the molecule is CN(Cc1ccc(N2CCCCC2)cc1)C(=O)c1ccc2c(c1)OCC(=O)N2. The second-order valence-corrected chi connectivity index (χ2v) is 7.42. The monoisotopic (exact) mass is 379 g/mol. The van der Waals surface area contributed by atoms with E-state index in [2.05, 4.69) is 34.5 Å². The fourth-order valence-corrected chi connectivity index (χ4v) is 3.74. The number of carbonyl (C=O) groups excluding carboxylic acids is 2. The Morgan fingerprint density at radius 3 is 2.61 bits per heavy atom. The minimum Gasteiger partial charge on any atom is -0.482 e. The van der Waals surface area contributed by atoms with E-state index >= 15 is 0 Å². The maximum atomic E-state index is 12.8. The molecule has 2 heterocycles. The number of anilines is 2. The summed E-state index contributed by atoms with van der Waals surface area (Å²) in [5, 5.41) is 2.73. The van der Waals surface area contributed by atoms with Gasteiger partial charge in [0.05, 0.1) is 5.69 Å². The lowest BCUT2D eigenvalue weighted by Gasteiger charge is -2.29. The molecule has 1 fully saturated rings.